The number of hydrazine groups is 1. The van der Waals surface area contributed by atoms with E-state index in [1.165, 1.54) is 30.6 Å². The van der Waals surface area contributed by atoms with Gasteiger partial charge >= 0.3 is 0 Å². The van der Waals surface area contributed by atoms with Gasteiger partial charge in [0.25, 0.3) is 11.8 Å². The van der Waals surface area contributed by atoms with Gasteiger partial charge in [-0.05, 0) is 49.8 Å². The van der Waals surface area contributed by atoms with Gasteiger partial charge in [-0.3, -0.25) is 25.2 Å². The maximum Gasteiger partial charge on any atom is 0.289 e. The highest BCUT2D eigenvalue weighted by Gasteiger charge is 2.30. The Morgan fingerprint density at radius 3 is 2.30 bits per heavy atom. The van der Waals surface area contributed by atoms with Crippen LogP contribution in [0.25, 0.3) is 0 Å². The van der Waals surface area contributed by atoms with Crippen molar-refractivity contribution in [2.24, 2.45) is 5.92 Å². The highest BCUT2D eigenvalue weighted by molar-refractivity contribution is 7.09. The molecule has 1 aromatic carbocycles. The minimum atomic E-state index is -0.430. The second-order valence-corrected chi connectivity index (χ2v) is 9.85. The molecule has 1 aromatic heterocycles. The zero-order valence-electron chi connectivity index (χ0n) is 19.1. The summed E-state index contributed by atoms with van der Waals surface area (Å²) in [6, 6.07) is 7.29. The van der Waals surface area contributed by atoms with Crippen molar-refractivity contribution in [2.45, 2.75) is 64.2 Å². The molecule has 0 spiro atoms. The number of benzene rings is 1. The Labute approximate surface area is 198 Å². The van der Waals surface area contributed by atoms with Gasteiger partial charge < -0.3 is 4.90 Å². The fourth-order valence-corrected chi connectivity index (χ4v) is 5.65. The van der Waals surface area contributed by atoms with E-state index in [0.29, 0.717) is 17.2 Å². The second-order valence-electron chi connectivity index (χ2n) is 8.96. The number of amides is 3. The number of likely N-dealkylation sites (tertiary alicyclic amines) is 1. The van der Waals surface area contributed by atoms with Crippen LogP contribution in [0, 0.1) is 5.92 Å². The van der Waals surface area contributed by atoms with E-state index in [2.05, 4.69) is 22.8 Å². The molecule has 1 aliphatic carbocycles. The van der Waals surface area contributed by atoms with Crippen LogP contribution in [0.15, 0.2) is 29.6 Å². The third kappa shape index (κ3) is 5.79. The van der Waals surface area contributed by atoms with Crippen molar-refractivity contribution in [1.82, 2.24) is 20.7 Å². The number of nitrogens with zero attached hydrogens (tertiary/aromatic N) is 2. The average Bonchev–Trinajstić information content (AvgIpc) is 3.38. The summed E-state index contributed by atoms with van der Waals surface area (Å²) in [4.78, 5) is 44.0. The predicted octanol–water partition coefficient (Wildman–Crippen LogP) is 4.07. The average molecular weight is 469 g/mol. The maximum atomic E-state index is 12.8. The molecule has 0 radical (unpaired) electrons. The lowest BCUT2D eigenvalue weighted by atomic mass is 9.87. The van der Waals surface area contributed by atoms with Gasteiger partial charge in [0, 0.05) is 35.9 Å². The number of thiazole rings is 1. The van der Waals surface area contributed by atoms with Crippen molar-refractivity contribution in [1.29, 1.82) is 0 Å². The molecule has 0 atom stereocenters. The topological polar surface area (TPSA) is 91.4 Å². The van der Waals surface area contributed by atoms with Crippen LogP contribution in [0.5, 0.6) is 0 Å². The summed E-state index contributed by atoms with van der Waals surface area (Å²) in [5, 5.41) is 2.65. The predicted molar refractivity (Wildman–Crippen MR) is 128 cm³/mol. The number of carbonyl (C=O) groups excluding carboxylic acids is 3. The lowest BCUT2D eigenvalue weighted by molar-refractivity contribution is -0.137. The van der Waals surface area contributed by atoms with Gasteiger partial charge in [-0.2, -0.15) is 0 Å². The zero-order valence-corrected chi connectivity index (χ0v) is 20.0. The number of aromatic nitrogens is 1. The van der Waals surface area contributed by atoms with Crippen molar-refractivity contribution < 1.29 is 14.4 Å². The van der Waals surface area contributed by atoms with Crippen LogP contribution in [0.2, 0.25) is 0 Å². The summed E-state index contributed by atoms with van der Waals surface area (Å²) >= 11 is 1.47. The molecule has 7 nitrogen and oxygen atoms in total. The summed E-state index contributed by atoms with van der Waals surface area (Å²) in [7, 11) is 0. The molecule has 0 unspecified atom stereocenters. The van der Waals surface area contributed by atoms with Crippen molar-refractivity contribution in [3.63, 3.8) is 0 Å². The standard InChI is InChI=1S/C25H32N4O3S/c1-2-17-8-10-18(11-9-17)22(30)27-28-23(31)21-16-33-24(26-21)19-12-14-29(15-13-19)25(32)20-6-4-3-5-7-20/h8-11,16,19-20H,2-7,12-15H2,1H3,(H,27,30)(H,28,31). The zero-order chi connectivity index (χ0) is 23.2. The first-order valence-electron chi connectivity index (χ1n) is 12.0. The molecule has 2 fully saturated rings. The van der Waals surface area contributed by atoms with E-state index in [1.54, 1.807) is 17.5 Å². The Kier molecular flexibility index (Phi) is 7.75. The van der Waals surface area contributed by atoms with Crippen LogP contribution >= 0.6 is 11.3 Å². The van der Waals surface area contributed by atoms with Gasteiger partial charge in [-0.15, -0.1) is 11.3 Å². The molecule has 176 valence electrons. The van der Waals surface area contributed by atoms with E-state index < -0.39 is 5.91 Å². The quantitative estimate of drug-likeness (QED) is 0.647. The molecule has 33 heavy (non-hydrogen) atoms. The monoisotopic (exact) mass is 468 g/mol. The number of hydrogen-bond donors (Lipinski definition) is 2. The Hall–Kier alpha value is -2.74. The SMILES string of the molecule is CCc1ccc(C(=O)NNC(=O)c2csc(C3CCN(C(=O)C4CCCCC4)CC3)n2)cc1. The van der Waals surface area contributed by atoms with Gasteiger partial charge in [-0.25, -0.2) is 4.98 Å². The Balaban J connectivity index is 1.25. The van der Waals surface area contributed by atoms with E-state index in [0.717, 1.165) is 55.8 Å². The van der Waals surface area contributed by atoms with Crippen LogP contribution in [-0.2, 0) is 11.2 Å². The van der Waals surface area contributed by atoms with Gasteiger partial charge in [0.15, 0.2) is 0 Å². The molecule has 1 aliphatic heterocycles. The third-order valence-electron chi connectivity index (χ3n) is 6.78. The van der Waals surface area contributed by atoms with E-state index in [9.17, 15) is 14.4 Å². The normalized spacial score (nSPS) is 17.5. The minimum absolute atomic E-state index is 0.213. The van der Waals surface area contributed by atoms with Crippen LogP contribution in [0.1, 0.15) is 89.2 Å². The van der Waals surface area contributed by atoms with Gasteiger partial charge in [-0.1, -0.05) is 38.3 Å². The van der Waals surface area contributed by atoms with Gasteiger partial charge in [0.2, 0.25) is 5.91 Å². The van der Waals surface area contributed by atoms with Crippen LogP contribution in [-0.4, -0.2) is 40.7 Å². The molecule has 3 amide bonds. The van der Waals surface area contributed by atoms with E-state index >= 15 is 0 Å². The number of rotatable bonds is 5. The van der Waals surface area contributed by atoms with Gasteiger partial charge in [0.1, 0.15) is 5.69 Å². The fourth-order valence-electron chi connectivity index (χ4n) is 4.68. The van der Waals surface area contributed by atoms with Crippen LogP contribution in [0.3, 0.4) is 0 Å². The minimum Gasteiger partial charge on any atom is -0.342 e. The molecule has 0 bridgehead atoms. The highest BCUT2D eigenvalue weighted by Crippen LogP contribution is 2.32. The molecular weight excluding hydrogens is 436 g/mol. The Morgan fingerprint density at radius 2 is 1.64 bits per heavy atom. The summed E-state index contributed by atoms with van der Waals surface area (Å²) in [6.07, 6.45) is 8.30. The lowest BCUT2D eigenvalue weighted by Gasteiger charge is -2.34. The van der Waals surface area contributed by atoms with E-state index in [-0.39, 0.29) is 17.7 Å². The van der Waals surface area contributed by atoms with Crippen molar-refractivity contribution in [2.75, 3.05) is 13.1 Å². The molecule has 1 saturated carbocycles. The van der Waals surface area contributed by atoms with E-state index in [1.807, 2.05) is 17.0 Å². The van der Waals surface area contributed by atoms with Crippen molar-refractivity contribution in [3.8, 4) is 0 Å². The Morgan fingerprint density at radius 1 is 0.970 bits per heavy atom. The first-order chi connectivity index (χ1) is 16.0. The first kappa shape index (κ1) is 23.4. The number of carbonyl (C=O) groups is 3. The number of aryl methyl sites for hydroxylation is 1. The summed E-state index contributed by atoms with van der Waals surface area (Å²) in [6.45, 7) is 3.57. The Bertz CT molecular complexity index is 974. The summed E-state index contributed by atoms with van der Waals surface area (Å²) < 4.78 is 0. The smallest absolute Gasteiger partial charge is 0.289 e. The number of piperidine rings is 1. The second kappa shape index (κ2) is 10.9. The first-order valence-corrected chi connectivity index (χ1v) is 12.9. The molecule has 8 heteroatoms. The molecule has 2 heterocycles. The number of nitrogens with one attached hydrogen (secondary N) is 2. The fraction of sp³-hybridized carbons (Fsp3) is 0.520. The highest BCUT2D eigenvalue weighted by atomic mass is 32.1. The largest absolute Gasteiger partial charge is 0.342 e. The molecule has 1 saturated heterocycles. The summed E-state index contributed by atoms with van der Waals surface area (Å²) in [5.74, 6) is 0.00807. The summed E-state index contributed by atoms with van der Waals surface area (Å²) in [5.41, 5.74) is 6.85. The van der Waals surface area contributed by atoms with Crippen LogP contribution in [0.4, 0.5) is 0 Å². The van der Waals surface area contributed by atoms with E-state index in [4.69, 9.17) is 0 Å². The van der Waals surface area contributed by atoms with Crippen molar-refractivity contribution >= 4 is 29.1 Å². The number of hydrogen-bond acceptors (Lipinski definition) is 5. The molecule has 2 N–H and O–H groups in total. The molecule has 2 aliphatic rings. The molecule has 2 aromatic rings. The maximum absolute atomic E-state index is 12.8. The molecular formula is C25H32N4O3S. The molecule has 4 rings (SSSR count). The van der Waals surface area contributed by atoms with Crippen molar-refractivity contribution in [3.05, 3.63) is 51.5 Å². The van der Waals surface area contributed by atoms with Gasteiger partial charge in [0.05, 0.1) is 5.01 Å². The van der Waals surface area contributed by atoms with Crippen LogP contribution < -0.4 is 10.9 Å². The third-order valence-corrected chi connectivity index (χ3v) is 7.79. The lowest BCUT2D eigenvalue weighted by Crippen LogP contribution is -2.42.